The number of aromatic nitrogens is 2. The average Bonchev–Trinajstić information content (AvgIpc) is 2.71. The van der Waals surface area contributed by atoms with Crippen LogP contribution in [0.4, 0.5) is 5.82 Å². The van der Waals surface area contributed by atoms with Gasteiger partial charge in [-0.15, -0.1) is 0 Å². The van der Waals surface area contributed by atoms with Gasteiger partial charge in [0.25, 0.3) is 0 Å². The zero-order chi connectivity index (χ0) is 20.9. The van der Waals surface area contributed by atoms with E-state index >= 15 is 0 Å². The number of nitrogens with zero attached hydrogens (tertiary/aromatic N) is 4. The number of anilines is 1. The van der Waals surface area contributed by atoms with Crippen molar-refractivity contribution in [1.29, 1.82) is 0 Å². The lowest BCUT2D eigenvalue weighted by molar-refractivity contribution is -0.117. The van der Waals surface area contributed by atoms with Gasteiger partial charge >= 0.3 is 0 Å². The molecule has 6 nitrogen and oxygen atoms in total. The topological polar surface area (TPSA) is 61.4 Å². The van der Waals surface area contributed by atoms with Crippen LogP contribution in [-0.4, -0.2) is 48.9 Å². The molecule has 1 aliphatic rings. The van der Waals surface area contributed by atoms with E-state index in [4.69, 9.17) is 47.0 Å². The van der Waals surface area contributed by atoms with E-state index in [1.54, 1.807) is 23.2 Å². The van der Waals surface area contributed by atoms with E-state index < -0.39 is 15.9 Å². The van der Waals surface area contributed by atoms with E-state index in [0.717, 1.165) is 12.0 Å². The summed E-state index contributed by atoms with van der Waals surface area (Å²) in [6.45, 7) is 1.20. The molecule has 0 saturated carbocycles. The Morgan fingerprint density at radius 3 is 2.62 bits per heavy atom. The molecule has 10 heteroatoms. The third-order valence-electron chi connectivity index (χ3n) is 4.23. The summed E-state index contributed by atoms with van der Waals surface area (Å²) in [6.07, 6.45) is 5.96. The van der Waals surface area contributed by atoms with Crippen LogP contribution >= 0.6 is 47.0 Å². The molecule has 3 rings (SSSR count). The molecule has 2 heterocycles. The quantitative estimate of drug-likeness (QED) is 0.407. The van der Waals surface area contributed by atoms with Crippen molar-refractivity contribution in [3.63, 3.8) is 0 Å². The molecule has 1 saturated heterocycles. The minimum atomic E-state index is -1.80. The summed E-state index contributed by atoms with van der Waals surface area (Å²) in [5.74, 6) is 0.250. The number of thiocarbonyl (C=S) groups is 1. The summed E-state index contributed by atoms with van der Waals surface area (Å²) in [4.78, 5) is 24.2. The fourth-order valence-electron chi connectivity index (χ4n) is 2.90. The highest BCUT2D eigenvalue weighted by molar-refractivity contribution is 7.80. The number of hydrogen-bond acceptors (Lipinski definition) is 4. The van der Waals surface area contributed by atoms with Crippen LogP contribution in [0.25, 0.3) is 6.08 Å². The summed E-state index contributed by atoms with van der Waals surface area (Å²) in [5.41, 5.74) is 0.886. The van der Waals surface area contributed by atoms with Crippen molar-refractivity contribution in [2.45, 2.75) is 16.4 Å². The van der Waals surface area contributed by atoms with Crippen molar-refractivity contribution in [1.82, 2.24) is 20.2 Å². The first kappa shape index (κ1) is 21.8. The Balaban J connectivity index is 1.76. The molecule has 0 spiro atoms. The number of nitrogens with one attached hydrogen (secondary N) is 1. The van der Waals surface area contributed by atoms with Crippen LogP contribution in [0.3, 0.4) is 0 Å². The molecule has 29 heavy (non-hydrogen) atoms. The van der Waals surface area contributed by atoms with Crippen molar-refractivity contribution >= 4 is 69.9 Å². The van der Waals surface area contributed by atoms with Crippen LogP contribution in [0.2, 0.25) is 0 Å². The zero-order valence-corrected chi connectivity index (χ0v) is 18.3. The van der Waals surface area contributed by atoms with E-state index in [2.05, 4.69) is 15.3 Å². The first-order chi connectivity index (χ1) is 13.9. The van der Waals surface area contributed by atoms with E-state index in [1.165, 1.54) is 12.4 Å². The number of carbonyl (C=O) groups is 1. The van der Waals surface area contributed by atoms with Gasteiger partial charge in [-0.2, -0.15) is 0 Å². The predicted molar refractivity (Wildman–Crippen MR) is 121 cm³/mol. The second-order valence-corrected chi connectivity index (χ2v) is 8.98. The van der Waals surface area contributed by atoms with E-state index in [-0.39, 0.29) is 0 Å². The molecule has 1 aromatic heterocycles. The lowest BCUT2D eigenvalue weighted by atomic mass is 10.2. The molecular formula is C19H18Cl3N5OS. The minimum absolute atomic E-state index is 0.396. The summed E-state index contributed by atoms with van der Waals surface area (Å²) >= 11 is 24.2. The molecule has 1 N–H and O–H groups in total. The van der Waals surface area contributed by atoms with Gasteiger partial charge in [0.2, 0.25) is 9.70 Å². The SMILES string of the molecule is O=C(/C=C/c1ccccc1)NC(N1CCCN(c2ccncn2)C1=S)C(Cl)(Cl)Cl. The third kappa shape index (κ3) is 5.79. The first-order valence-corrected chi connectivity index (χ1v) is 10.3. The Morgan fingerprint density at radius 1 is 1.21 bits per heavy atom. The number of rotatable bonds is 5. The largest absolute Gasteiger partial charge is 0.328 e. The van der Waals surface area contributed by atoms with E-state index in [9.17, 15) is 4.79 Å². The molecule has 1 fully saturated rings. The van der Waals surface area contributed by atoms with Gasteiger partial charge in [-0.1, -0.05) is 65.1 Å². The van der Waals surface area contributed by atoms with Gasteiger partial charge in [0.1, 0.15) is 12.1 Å². The average molecular weight is 471 g/mol. The van der Waals surface area contributed by atoms with Crippen LogP contribution in [0.1, 0.15) is 12.0 Å². The Labute approximate surface area is 189 Å². The molecule has 1 atom stereocenters. The third-order valence-corrected chi connectivity index (χ3v) is 5.30. The maximum atomic E-state index is 12.5. The van der Waals surface area contributed by atoms with Gasteiger partial charge in [-0.05, 0) is 36.3 Å². The number of halogens is 3. The van der Waals surface area contributed by atoms with Gasteiger partial charge in [-0.25, -0.2) is 9.97 Å². The van der Waals surface area contributed by atoms with Crippen molar-refractivity contribution in [3.05, 3.63) is 60.6 Å². The molecule has 0 radical (unpaired) electrons. The Bertz CT molecular complexity index is 876. The maximum Gasteiger partial charge on any atom is 0.245 e. The van der Waals surface area contributed by atoms with Crippen LogP contribution in [-0.2, 0) is 4.79 Å². The highest BCUT2D eigenvalue weighted by atomic mass is 35.6. The Kier molecular flexibility index (Phi) is 7.29. The van der Waals surface area contributed by atoms with Crippen molar-refractivity contribution < 1.29 is 4.79 Å². The van der Waals surface area contributed by atoms with Gasteiger partial charge in [-0.3, -0.25) is 4.79 Å². The Hall–Kier alpha value is -1.93. The minimum Gasteiger partial charge on any atom is -0.328 e. The molecule has 1 aromatic carbocycles. The maximum absolute atomic E-state index is 12.5. The summed E-state index contributed by atoms with van der Waals surface area (Å²) in [7, 11) is 0. The van der Waals surface area contributed by atoms with Crippen molar-refractivity contribution in [2.75, 3.05) is 18.0 Å². The van der Waals surface area contributed by atoms with Gasteiger partial charge in [0, 0.05) is 25.4 Å². The smallest absolute Gasteiger partial charge is 0.245 e. The van der Waals surface area contributed by atoms with E-state index in [0.29, 0.717) is 24.0 Å². The summed E-state index contributed by atoms with van der Waals surface area (Å²) in [6, 6.07) is 11.2. The van der Waals surface area contributed by atoms with Crippen LogP contribution < -0.4 is 10.2 Å². The normalized spacial score (nSPS) is 16.2. The van der Waals surface area contributed by atoms with Crippen LogP contribution in [0.5, 0.6) is 0 Å². The second-order valence-electron chi connectivity index (χ2n) is 6.25. The number of amides is 1. The van der Waals surface area contributed by atoms with Crippen molar-refractivity contribution in [3.8, 4) is 0 Å². The predicted octanol–water partition coefficient (Wildman–Crippen LogP) is 3.80. The fraction of sp³-hybridized carbons (Fsp3) is 0.263. The van der Waals surface area contributed by atoms with Crippen molar-refractivity contribution in [2.24, 2.45) is 0 Å². The van der Waals surface area contributed by atoms with Gasteiger partial charge in [0.15, 0.2) is 11.3 Å². The van der Waals surface area contributed by atoms with Crippen LogP contribution in [0.15, 0.2) is 55.0 Å². The molecule has 2 aromatic rings. The molecule has 0 bridgehead atoms. The molecular weight excluding hydrogens is 453 g/mol. The second kappa shape index (κ2) is 9.71. The lowest BCUT2D eigenvalue weighted by Gasteiger charge is -2.44. The fourth-order valence-corrected chi connectivity index (χ4v) is 3.79. The highest BCUT2D eigenvalue weighted by Gasteiger charge is 2.42. The number of benzene rings is 1. The Morgan fingerprint density at radius 2 is 1.97 bits per heavy atom. The first-order valence-electron chi connectivity index (χ1n) is 8.81. The molecule has 1 unspecified atom stereocenters. The zero-order valence-electron chi connectivity index (χ0n) is 15.2. The van der Waals surface area contributed by atoms with Crippen LogP contribution in [0, 0.1) is 0 Å². The number of hydrogen-bond donors (Lipinski definition) is 1. The molecule has 1 amide bonds. The molecule has 0 aliphatic carbocycles. The monoisotopic (exact) mass is 469 g/mol. The highest BCUT2D eigenvalue weighted by Crippen LogP contribution is 2.34. The standard InChI is InChI=1S/C19H18Cl3N5OS/c20-19(21,22)17(25-16(28)8-7-14-5-2-1-3-6-14)27-12-4-11-26(18(27)29)15-9-10-23-13-24-15/h1-3,5-10,13,17H,4,11-12H2,(H,25,28)/b8-7+. The number of carbonyl (C=O) groups excluding carboxylic acids is 1. The van der Waals surface area contributed by atoms with E-state index in [1.807, 2.05) is 35.2 Å². The molecule has 152 valence electrons. The summed E-state index contributed by atoms with van der Waals surface area (Å²) in [5, 5.41) is 3.17. The van der Waals surface area contributed by atoms with Gasteiger partial charge in [0.05, 0.1) is 0 Å². The van der Waals surface area contributed by atoms with Gasteiger partial charge < -0.3 is 15.1 Å². The number of alkyl halides is 3. The summed E-state index contributed by atoms with van der Waals surface area (Å²) < 4.78 is -1.80. The molecule has 1 aliphatic heterocycles. The lowest BCUT2D eigenvalue weighted by Crippen LogP contribution is -2.62.